The molecule has 4 rings (SSSR count). The van der Waals surface area contributed by atoms with Crippen molar-refractivity contribution in [3.05, 3.63) is 65.2 Å². The first kappa shape index (κ1) is 17.9. The summed E-state index contributed by atoms with van der Waals surface area (Å²) in [5, 5.41) is 3.29. The summed E-state index contributed by atoms with van der Waals surface area (Å²) >= 11 is 0. The molecule has 1 aliphatic carbocycles. The topological polar surface area (TPSA) is 41.6 Å². The van der Waals surface area contributed by atoms with Crippen LogP contribution in [-0.4, -0.2) is 30.6 Å². The van der Waals surface area contributed by atoms with Crippen molar-refractivity contribution in [2.75, 3.05) is 19.7 Å². The minimum Gasteiger partial charge on any atom is -0.493 e. The van der Waals surface area contributed by atoms with E-state index in [-0.39, 0.29) is 12.1 Å². The fraction of sp³-hybridized carbons (Fsp3) is 0.435. The third-order valence-electron chi connectivity index (χ3n) is 5.51. The Kier molecular flexibility index (Phi) is 5.33. The summed E-state index contributed by atoms with van der Waals surface area (Å²) in [6, 6.07) is 16.4. The van der Waals surface area contributed by atoms with Gasteiger partial charge in [0, 0.05) is 13.1 Å². The van der Waals surface area contributed by atoms with Gasteiger partial charge < -0.3 is 15.0 Å². The van der Waals surface area contributed by atoms with Gasteiger partial charge in [-0.15, -0.1) is 0 Å². The summed E-state index contributed by atoms with van der Waals surface area (Å²) in [5.41, 5.74) is 3.45. The Morgan fingerprint density at radius 1 is 1.19 bits per heavy atom. The van der Waals surface area contributed by atoms with Gasteiger partial charge in [-0.05, 0) is 67.3 Å². The van der Waals surface area contributed by atoms with Gasteiger partial charge in [-0.25, -0.2) is 4.79 Å². The average molecular weight is 364 g/mol. The van der Waals surface area contributed by atoms with Crippen molar-refractivity contribution in [2.24, 2.45) is 5.92 Å². The van der Waals surface area contributed by atoms with Crippen LogP contribution in [0.2, 0.25) is 0 Å². The number of rotatable bonds is 6. The van der Waals surface area contributed by atoms with E-state index in [0.717, 1.165) is 49.4 Å². The van der Waals surface area contributed by atoms with Crippen LogP contribution < -0.4 is 10.1 Å². The number of amides is 2. The fourth-order valence-corrected chi connectivity index (χ4v) is 3.75. The molecule has 1 aliphatic heterocycles. The number of hydrogen-bond acceptors (Lipinski definition) is 2. The van der Waals surface area contributed by atoms with Gasteiger partial charge in [-0.2, -0.15) is 0 Å². The van der Waals surface area contributed by atoms with Crippen molar-refractivity contribution in [1.29, 1.82) is 0 Å². The molecule has 27 heavy (non-hydrogen) atoms. The second kappa shape index (κ2) is 8.03. The first-order valence-electron chi connectivity index (χ1n) is 10.1. The Bertz CT molecular complexity index is 786. The van der Waals surface area contributed by atoms with Crippen molar-refractivity contribution in [2.45, 2.75) is 38.6 Å². The van der Waals surface area contributed by atoms with E-state index in [4.69, 9.17) is 4.74 Å². The Hall–Kier alpha value is -2.49. The maximum absolute atomic E-state index is 13.0. The van der Waals surface area contributed by atoms with Crippen LogP contribution >= 0.6 is 0 Å². The van der Waals surface area contributed by atoms with E-state index in [2.05, 4.69) is 36.5 Å². The van der Waals surface area contributed by atoms with Gasteiger partial charge in [0.1, 0.15) is 5.75 Å². The van der Waals surface area contributed by atoms with Gasteiger partial charge in [-0.1, -0.05) is 36.4 Å². The van der Waals surface area contributed by atoms with Gasteiger partial charge in [0.2, 0.25) is 0 Å². The lowest BCUT2D eigenvalue weighted by Gasteiger charge is -2.27. The third kappa shape index (κ3) is 4.26. The molecule has 142 valence electrons. The van der Waals surface area contributed by atoms with Crippen LogP contribution in [0.15, 0.2) is 48.5 Å². The lowest BCUT2D eigenvalue weighted by molar-refractivity contribution is 0.195. The number of carbonyl (C=O) groups excluding carboxylic acids is 1. The summed E-state index contributed by atoms with van der Waals surface area (Å²) in [6.45, 7) is 4.44. The fourth-order valence-electron chi connectivity index (χ4n) is 3.75. The monoisotopic (exact) mass is 364 g/mol. The van der Waals surface area contributed by atoms with Crippen molar-refractivity contribution < 1.29 is 9.53 Å². The molecule has 0 radical (unpaired) electrons. The second-order valence-electron chi connectivity index (χ2n) is 7.59. The molecular weight excluding hydrogens is 336 g/mol. The largest absolute Gasteiger partial charge is 0.493 e. The van der Waals surface area contributed by atoms with E-state index < -0.39 is 0 Å². The van der Waals surface area contributed by atoms with Crippen molar-refractivity contribution in [3.8, 4) is 5.75 Å². The van der Waals surface area contributed by atoms with Crippen LogP contribution in [0.5, 0.6) is 5.75 Å². The maximum atomic E-state index is 13.0. The van der Waals surface area contributed by atoms with Crippen molar-refractivity contribution >= 4 is 6.03 Å². The third-order valence-corrected chi connectivity index (χ3v) is 5.51. The first-order chi connectivity index (χ1) is 13.2. The van der Waals surface area contributed by atoms with E-state index in [1.807, 2.05) is 29.2 Å². The standard InChI is InChI=1S/C23H28N2O2/c1-2-25(16-17-10-11-17)23(26)24-22(18-7-4-3-5-8-18)20-12-13-21-19(15-20)9-6-14-27-21/h3-5,7-8,12-13,15,17,22H,2,6,9-11,14,16H2,1H3,(H,24,26). The van der Waals surface area contributed by atoms with Crippen LogP contribution in [0.1, 0.15) is 48.9 Å². The molecule has 1 N–H and O–H groups in total. The number of nitrogens with zero attached hydrogens (tertiary/aromatic N) is 1. The Labute approximate surface area is 161 Å². The molecule has 4 heteroatoms. The predicted molar refractivity (Wildman–Crippen MR) is 107 cm³/mol. The number of aryl methyl sites for hydroxylation is 1. The highest BCUT2D eigenvalue weighted by Crippen LogP contribution is 2.32. The molecule has 2 aliphatic rings. The van der Waals surface area contributed by atoms with Gasteiger partial charge in [0.25, 0.3) is 0 Å². The lowest BCUT2D eigenvalue weighted by Crippen LogP contribution is -2.42. The summed E-state index contributed by atoms with van der Waals surface area (Å²) < 4.78 is 5.76. The van der Waals surface area contributed by atoms with Gasteiger partial charge >= 0.3 is 6.03 Å². The van der Waals surface area contributed by atoms with Crippen molar-refractivity contribution in [3.63, 3.8) is 0 Å². The SMILES string of the molecule is CCN(CC1CC1)C(=O)NC(c1ccccc1)c1ccc2c(c1)CCCO2. The molecule has 2 aromatic rings. The van der Waals surface area contributed by atoms with Crippen LogP contribution in [0.4, 0.5) is 4.79 Å². The average Bonchev–Trinajstić information content (AvgIpc) is 3.54. The lowest BCUT2D eigenvalue weighted by atomic mass is 9.95. The Morgan fingerprint density at radius 3 is 2.74 bits per heavy atom. The van der Waals surface area contributed by atoms with Crippen LogP contribution in [0.3, 0.4) is 0 Å². The number of hydrogen-bond donors (Lipinski definition) is 1. The smallest absolute Gasteiger partial charge is 0.318 e. The van der Waals surface area contributed by atoms with Crippen LogP contribution in [0.25, 0.3) is 0 Å². The van der Waals surface area contributed by atoms with E-state index in [0.29, 0.717) is 5.92 Å². The molecule has 2 amide bonds. The number of benzene rings is 2. The molecule has 1 heterocycles. The molecular formula is C23H28N2O2. The predicted octanol–water partition coefficient (Wildman–Crippen LogP) is 4.54. The second-order valence-corrected chi connectivity index (χ2v) is 7.59. The zero-order valence-corrected chi connectivity index (χ0v) is 16.0. The summed E-state index contributed by atoms with van der Waals surface area (Å²) in [6.07, 6.45) is 4.57. The molecule has 0 spiro atoms. The molecule has 0 saturated heterocycles. The number of ether oxygens (including phenoxy) is 1. The maximum Gasteiger partial charge on any atom is 0.318 e. The highest BCUT2D eigenvalue weighted by molar-refractivity contribution is 5.75. The van der Waals surface area contributed by atoms with Crippen LogP contribution in [0, 0.1) is 5.92 Å². The highest BCUT2D eigenvalue weighted by Gasteiger charge is 2.27. The van der Waals surface area contributed by atoms with Gasteiger partial charge in [0.15, 0.2) is 0 Å². The number of fused-ring (bicyclic) bond motifs is 1. The van der Waals surface area contributed by atoms with Crippen molar-refractivity contribution in [1.82, 2.24) is 10.2 Å². The number of urea groups is 1. The zero-order valence-electron chi connectivity index (χ0n) is 16.0. The quantitative estimate of drug-likeness (QED) is 0.817. The summed E-state index contributed by atoms with van der Waals surface area (Å²) in [7, 11) is 0. The molecule has 4 nitrogen and oxygen atoms in total. The van der Waals surface area contributed by atoms with E-state index in [1.54, 1.807) is 0 Å². The van der Waals surface area contributed by atoms with Gasteiger partial charge in [-0.3, -0.25) is 0 Å². The highest BCUT2D eigenvalue weighted by atomic mass is 16.5. The minimum absolute atomic E-state index is 0.0206. The molecule has 2 aromatic carbocycles. The number of nitrogens with one attached hydrogen (secondary N) is 1. The summed E-state index contributed by atoms with van der Waals surface area (Å²) in [5.74, 6) is 1.67. The Morgan fingerprint density at radius 2 is 2.00 bits per heavy atom. The molecule has 1 fully saturated rings. The summed E-state index contributed by atoms with van der Waals surface area (Å²) in [4.78, 5) is 14.9. The van der Waals surface area contributed by atoms with Crippen LogP contribution in [-0.2, 0) is 6.42 Å². The molecule has 1 saturated carbocycles. The minimum atomic E-state index is -0.154. The van der Waals surface area contributed by atoms with E-state index in [1.165, 1.54) is 18.4 Å². The molecule has 0 bridgehead atoms. The Balaban J connectivity index is 1.60. The molecule has 1 atom stereocenters. The first-order valence-corrected chi connectivity index (χ1v) is 10.1. The molecule has 1 unspecified atom stereocenters. The zero-order chi connectivity index (χ0) is 18.6. The van der Waals surface area contributed by atoms with E-state index >= 15 is 0 Å². The normalized spacial score (nSPS) is 16.8. The van der Waals surface area contributed by atoms with E-state index in [9.17, 15) is 4.79 Å². The number of carbonyl (C=O) groups is 1. The molecule has 0 aromatic heterocycles. The van der Waals surface area contributed by atoms with Gasteiger partial charge in [0.05, 0.1) is 12.6 Å².